The number of ether oxygens (including phenoxy) is 2. The van der Waals surface area contributed by atoms with Crippen molar-refractivity contribution in [2.24, 2.45) is 16.0 Å². The number of methoxy groups -OCH3 is 1. The molecule has 1 N–H and O–H groups in total. The van der Waals surface area contributed by atoms with Crippen LogP contribution >= 0.6 is 46.0 Å². The van der Waals surface area contributed by atoms with Crippen molar-refractivity contribution in [1.82, 2.24) is 5.01 Å². The molecule has 7 nitrogen and oxygen atoms in total. The summed E-state index contributed by atoms with van der Waals surface area (Å²) in [4.78, 5) is 17.1. The van der Waals surface area contributed by atoms with Crippen LogP contribution in [0, 0.1) is 14.9 Å². The van der Waals surface area contributed by atoms with Crippen LogP contribution in [-0.2, 0) is 11.4 Å². The van der Waals surface area contributed by atoms with Gasteiger partial charge in [-0.05, 0) is 88.7 Å². The summed E-state index contributed by atoms with van der Waals surface area (Å²) in [6.45, 7) is 0.360. The van der Waals surface area contributed by atoms with Crippen molar-refractivity contribution in [3.63, 3.8) is 0 Å². The maximum Gasteiger partial charge on any atom is 0.283 e. The van der Waals surface area contributed by atoms with E-state index in [1.54, 1.807) is 19.3 Å². The Morgan fingerprint density at radius 3 is 2.69 bits per heavy atom. The fraction of sp³-hybridized carbons (Fsp3) is 0.308. The first kappa shape index (κ1) is 25.3. The van der Waals surface area contributed by atoms with Gasteiger partial charge in [-0.1, -0.05) is 43.0 Å². The molecule has 0 radical (unpaired) electrons. The normalized spacial score (nSPS) is 19.3. The summed E-state index contributed by atoms with van der Waals surface area (Å²) >= 11 is 9.57. The highest BCUT2D eigenvalue weighted by Crippen LogP contribution is 2.38. The first-order chi connectivity index (χ1) is 17.4. The van der Waals surface area contributed by atoms with Gasteiger partial charge in [-0.2, -0.15) is 15.1 Å². The molecule has 1 aliphatic carbocycles. The molecule has 0 bridgehead atoms. The lowest BCUT2D eigenvalue weighted by atomic mass is 9.90. The number of benzene rings is 2. The van der Waals surface area contributed by atoms with Gasteiger partial charge in [-0.3, -0.25) is 10.2 Å². The zero-order chi connectivity index (χ0) is 25.2. The van der Waals surface area contributed by atoms with E-state index in [9.17, 15) is 4.79 Å². The minimum absolute atomic E-state index is 0.0420. The van der Waals surface area contributed by atoms with Gasteiger partial charge in [0.05, 0.1) is 16.3 Å². The predicted octanol–water partition coefficient (Wildman–Crippen LogP) is 6.73. The number of hydrogen-bond acceptors (Lipinski definition) is 6. The van der Waals surface area contributed by atoms with Crippen LogP contribution in [-0.4, -0.2) is 34.1 Å². The second kappa shape index (κ2) is 10.9. The van der Waals surface area contributed by atoms with Crippen LogP contribution in [0.15, 0.2) is 52.1 Å². The summed E-state index contributed by atoms with van der Waals surface area (Å²) in [5.41, 5.74) is 1.89. The van der Waals surface area contributed by atoms with E-state index in [1.165, 1.54) is 36.0 Å². The van der Waals surface area contributed by atoms with Gasteiger partial charge in [0, 0.05) is 10.9 Å². The van der Waals surface area contributed by atoms with Crippen molar-refractivity contribution in [2.75, 3.05) is 7.11 Å². The number of carbonyl (C=O) groups is 1. The Labute approximate surface area is 232 Å². The molecule has 0 unspecified atom stereocenters. The molecular formula is C26H24ClIN4O3S. The van der Waals surface area contributed by atoms with Gasteiger partial charge in [0.2, 0.25) is 5.17 Å². The molecule has 5 rings (SSSR count). The summed E-state index contributed by atoms with van der Waals surface area (Å²) < 4.78 is 12.4. The molecule has 186 valence electrons. The topological polar surface area (TPSA) is 87.3 Å². The Kier molecular flexibility index (Phi) is 7.68. The van der Waals surface area contributed by atoms with E-state index in [4.69, 9.17) is 26.5 Å². The van der Waals surface area contributed by atoms with Crippen LogP contribution in [0.2, 0.25) is 5.02 Å². The molecule has 0 aromatic heterocycles. The highest BCUT2D eigenvalue weighted by atomic mass is 127. The second-order valence-electron chi connectivity index (χ2n) is 8.74. The lowest BCUT2D eigenvalue weighted by molar-refractivity contribution is -0.114. The second-order valence-corrected chi connectivity index (χ2v) is 11.3. The summed E-state index contributed by atoms with van der Waals surface area (Å²) in [5, 5.41) is 17.0. The van der Waals surface area contributed by atoms with E-state index in [2.05, 4.69) is 32.7 Å². The van der Waals surface area contributed by atoms with Crippen LogP contribution in [0.4, 0.5) is 0 Å². The largest absolute Gasteiger partial charge is 0.493 e. The number of nitrogens with zero attached hydrogens (tertiary/aromatic N) is 3. The van der Waals surface area contributed by atoms with Gasteiger partial charge in [0.1, 0.15) is 11.7 Å². The molecule has 10 heteroatoms. The Hall–Kier alpha value is -2.37. The molecule has 36 heavy (non-hydrogen) atoms. The number of fused-ring (bicyclic) bond motifs is 1. The van der Waals surface area contributed by atoms with E-state index >= 15 is 0 Å². The molecule has 2 heterocycles. The third-order valence-corrected chi connectivity index (χ3v) is 8.41. The van der Waals surface area contributed by atoms with E-state index in [0.717, 1.165) is 27.0 Å². The van der Waals surface area contributed by atoms with Gasteiger partial charge >= 0.3 is 0 Å². The minimum atomic E-state index is -0.434. The number of aliphatic imine (C=N–C) groups is 1. The molecule has 0 atom stereocenters. The van der Waals surface area contributed by atoms with Crippen LogP contribution in [0.3, 0.4) is 0 Å². The standard InChI is InChI=1S/C26H24ClIN4O3S/c1-34-21-13-16(12-20(28)22(21)35-14-15-7-9-18(27)10-8-15)11-19-23(29)32-26(30-24(19)33)36-25(31-32)17-5-3-2-4-6-17/h7-13,17,29H,2-6,14H2,1H3/b19-11-,29-23?. The van der Waals surface area contributed by atoms with Crippen molar-refractivity contribution in [3.05, 3.63) is 61.7 Å². The highest BCUT2D eigenvalue weighted by Gasteiger charge is 2.38. The summed E-state index contributed by atoms with van der Waals surface area (Å²) in [6.07, 6.45) is 7.50. The van der Waals surface area contributed by atoms with Gasteiger partial charge in [-0.25, -0.2) is 0 Å². The number of halogens is 2. The summed E-state index contributed by atoms with van der Waals surface area (Å²) in [7, 11) is 1.57. The molecule has 1 fully saturated rings. The average molecular weight is 635 g/mol. The molecule has 2 aliphatic heterocycles. The van der Waals surface area contributed by atoms with Gasteiger partial charge < -0.3 is 9.47 Å². The smallest absolute Gasteiger partial charge is 0.283 e. The first-order valence-corrected chi connectivity index (χ1v) is 13.9. The number of carbonyl (C=O) groups excluding carboxylic acids is 1. The third-order valence-electron chi connectivity index (χ3n) is 6.28. The number of hydrazone groups is 1. The number of amidine groups is 2. The zero-order valence-electron chi connectivity index (χ0n) is 19.6. The van der Waals surface area contributed by atoms with Crippen molar-refractivity contribution in [3.8, 4) is 11.5 Å². The highest BCUT2D eigenvalue weighted by molar-refractivity contribution is 14.1. The van der Waals surface area contributed by atoms with E-state index in [-0.39, 0.29) is 11.4 Å². The van der Waals surface area contributed by atoms with Crippen LogP contribution in [0.25, 0.3) is 6.08 Å². The van der Waals surface area contributed by atoms with Gasteiger partial charge in [-0.15, -0.1) is 0 Å². The number of rotatable bonds is 6. The summed E-state index contributed by atoms with van der Waals surface area (Å²) in [5.74, 6) is 1.14. The van der Waals surface area contributed by atoms with E-state index < -0.39 is 5.91 Å². The molecule has 1 saturated carbocycles. The molecule has 1 amide bonds. The van der Waals surface area contributed by atoms with Crippen molar-refractivity contribution >= 4 is 74.0 Å². The molecule has 0 saturated heterocycles. The molecule has 0 spiro atoms. The Morgan fingerprint density at radius 2 is 1.97 bits per heavy atom. The lowest BCUT2D eigenvalue weighted by Crippen LogP contribution is -2.35. The Morgan fingerprint density at radius 1 is 1.22 bits per heavy atom. The number of hydrogen-bond donors (Lipinski definition) is 1. The Bertz CT molecular complexity index is 1300. The fourth-order valence-electron chi connectivity index (χ4n) is 4.39. The minimum Gasteiger partial charge on any atom is -0.493 e. The Balaban J connectivity index is 1.38. The van der Waals surface area contributed by atoms with Crippen LogP contribution in [0.5, 0.6) is 11.5 Å². The molecule has 3 aliphatic rings. The van der Waals surface area contributed by atoms with Crippen LogP contribution in [0.1, 0.15) is 43.2 Å². The number of amides is 1. The quantitative estimate of drug-likeness (QED) is 0.281. The first-order valence-electron chi connectivity index (χ1n) is 11.7. The molecule has 2 aromatic carbocycles. The number of nitrogens with one attached hydrogen (secondary N) is 1. The van der Waals surface area contributed by atoms with Crippen LogP contribution < -0.4 is 9.47 Å². The average Bonchev–Trinajstić information content (AvgIpc) is 3.31. The summed E-state index contributed by atoms with van der Waals surface area (Å²) in [6, 6.07) is 11.2. The van der Waals surface area contributed by atoms with Gasteiger partial charge in [0.25, 0.3) is 5.91 Å². The van der Waals surface area contributed by atoms with E-state index in [0.29, 0.717) is 39.8 Å². The lowest BCUT2D eigenvalue weighted by Gasteiger charge is -2.20. The third kappa shape index (κ3) is 5.33. The monoisotopic (exact) mass is 634 g/mol. The predicted molar refractivity (Wildman–Crippen MR) is 153 cm³/mol. The van der Waals surface area contributed by atoms with Gasteiger partial charge in [0.15, 0.2) is 17.3 Å². The fourth-order valence-corrected chi connectivity index (χ4v) is 6.35. The number of thioether (sulfide) groups is 1. The maximum absolute atomic E-state index is 12.9. The van der Waals surface area contributed by atoms with E-state index in [1.807, 2.05) is 30.3 Å². The maximum atomic E-state index is 12.9. The SMILES string of the molecule is COc1cc(/C=C2/C(=N)N3N=C(C4CCCCC4)SC3=NC2=O)cc(I)c1OCc1ccc(Cl)cc1. The zero-order valence-corrected chi connectivity index (χ0v) is 23.3. The van der Waals surface area contributed by atoms with Crippen molar-refractivity contribution < 1.29 is 14.3 Å². The molecular weight excluding hydrogens is 611 g/mol. The molecule has 2 aromatic rings. The van der Waals surface area contributed by atoms with Crippen molar-refractivity contribution in [1.29, 1.82) is 5.41 Å². The van der Waals surface area contributed by atoms with Crippen molar-refractivity contribution in [2.45, 2.75) is 38.7 Å².